The molecular formula is C14H11Cl2N5O2S2. The number of aromatic nitrogens is 3. The van der Waals surface area contributed by atoms with Crippen molar-refractivity contribution >= 4 is 63.9 Å². The van der Waals surface area contributed by atoms with Gasteiger partial charge in [-0.2, -0.15) is 0 Å². The predicted molar refractivity (Wildman–Crippen MR) is 98.4 cm³/mol. The van der Waals surface area contributed by atoms with Gasteiger partial charge in [0.25, 0.3) is 0 Å². The summed E-state index contributed by atoms with van der Waals surface area (Å²) in [6.07, 6.45) is 1.61. The van der Waals surface area contributed by atoms with Crippen LogP contribution in [0.4, 0.5) is 4.79 Å². The number of thiophene rings is 1. The maximum absolute atomic E-state index is 11.9. The van der Waals surface area contributed by atoms with Gasteiger partial charge in [-0.1, -0.05) is 41.0 Å². The molecule has 0 aliphatic carbocycles. The van der Waals surface area contributed by atoms with Crippen LogP contribution in [0.1, 0.15) is 4.88 Å². The molecule has 0 radical (unpaired) electrons. The van der Waals surface area contributed by atoms with E-state index in [1.54, 1.807) is 16.7 Å². The summed E-state index contributed by atoms with van der Waals surface area (Å²) in [5, 5.41) is 16.0. The smallest absolute Gasteiger partial charge is 0.321 e. The number of amides is 3. The van der Waals surface area contributed by atoms with E-state index < -0.39 is 11.9 Å². The van der Waals surface area contributed by atoms with Crippen LogP contribution < -0.4 is 10.6 Å². The maximum atomic E-state index is 11.9. The molecule has 0 saturated carbocycles. The molecule has 3 amide bonds. The number of thioether (sulfide) groups is 1. The van der Waals surface area contributed by atoms with Crippen molar-refractivity contribution in [3.63, 3.8) is 0 Å². The van der Waals surface area contributed by atoms with Crippen molar-refractivity contribution in [2.24, 2.45) is 0 Å². The Kier molecular flexibility index (Phi) is 5.79. The van der Waals surface area contributed by atoms with Crippen LogP contribution in [0.3, 0.4) is 0 Å². The topological polar surface area (TPSA) is 88.4 Å². The van der Waals surface area contributed by atoms with Gasteiger partial charge in [0.15, 0.2) is 10.8 Å². The molecule has 7 nitrogen and oxygen atoms in total. The van der Waals surface area contributed by atoms with Gasteiger partial charge in [0, 0.05) is 11.1 Å². The highest BCUT2D eigenvalue weighted by molar-refractivity contribution is 7.99. The Morgan fingerprint density at radius 3 is 2.92 bits per heavy atom. The van der Waals surface area contributed by atoms with Gasteiger partial charge in [-0.25, -0.2) is 4.79 Å². The van der Waals surface area contributed by atoms with Crippen LogP contribution in [0.25, 0.3) is 5.65 Å². The SMILES string of the molecule is O=C(CSc1nnc2c(Cl)cc(Cl)cn12)NC(=O)NCc1cccs1. The third kappa shape index (κ3) is 4.63. The second-order valence-corrected chi connectivity index (χ2v) is 7.60. The number of halogens is 2. The zero-order chi connectivity index (χ0) is 17.8. The number of rotatable bonds is 5. The number of carbonyl (C=O) groups is 2. The lowest BCUT2D eigenvalue weighted by Gasteiger charge is -2.05. The van der Waals surface area contributed by atoms with E-state index in [-0.39, 0.29) is 5.75 Å². The van der Waals surface area contributed by atoms with Crippen molar-refractivity contribution in [1.29, 1.82) is 0 Å². The molecule has 3 heterocycles. The van der Waals surface area contributed by atoms with Crippen molar-refractivity contribution in [3.05, 3.63) is 44.7 Å². The van der Waals surface area contributed by atoms with Crippen LogP contribution in [0.15, 0.2) is 34.9 Å². The minimum atomic E-state index is -0.545. The molecule has 3 rings (SSSR count). The van der Waals surface area contributed by atoms with Crippen LogP contribution in [-0.4, -0.2) is 32.3 Å². The Labute approximate surface area is 160 Å². The highest BCUT2D eigenvalue weighted by atomic mass is 35.5. The summed E-state index contributed by atoms with van der Waals surface area (Å²) in [6.45, 7) is 0.371. The van der Waals surface area contributed by atoms with E-state index in [0.29, 0.717) is 27.4 Å². The number of carbonyl (C=O) groups excluding carboxylic acids is 2. The lowest BCUT2D eigenvalue weighted by Crippen LogP contribution is -2.39. The Bertz CT molecular complexity index is 913. The summed E-state index contributed by atoms with van der Waals surface area (Å²) in [5.41, 5.74) is 0.447. The third-order valence-electron chi connectivity index (χ3n) is 2.98. The molecule has 0 aliphatic heterocycles. The average molecular weight is 416 g/mol. The first kappa shape index (κ1) is 18.0. The quantitative estimate of drug-likeness (QED) is 0.624. The summed E-state index contributed by atoms with van der Waals surface area (Å²) in [5.74, 6) is -0.448. The van der Waals surface area contributed by atoms with Crippen LogP contribution in [0, 0.1) is 0 Å². The van der Waals surface area contributed by atoms with Crippen LogP contribution in [0.2, 0.25) is 10.0 Å². The van der Waals surface area contributed by atoms with E-state index in [1.165, 1.54) is 11.3 Å². The highest BCUT2D eigenvalue weighted by Gasteiger charge is 2.13. The minimum Gasteiger partial charge on any atom is -0.333 e. The molecule has 3 aromatic rings. The van der Waals surface area contributed by atoms with E-state index >= 15 is 0 Å². The fourth-order valence-electron chi connectivity index (χ4n) is 1.92. The van der Waals surface area contributed by atoms with E-state index in [9.17, 15) is 9.59 Å². The van der Waals surface area contributed by atoms with Gasteiger partial charge in [0.05, 0.1) is 22.3 Å². The molecular weight excluding hydrogens is 405 g/mol. The number of nitrogens with one attached hydrogen (secondary N) is 2. The normalized spacial score (nSPS) is 10.8. The van der Waals surface area contributed by atoms with Crippen molar-refractivity contribution in [1.82, 2.24) is 25.2 Å². The van der Waals surface area contributed by atoms with Crippen LogP contribution in [0.5, 0.6) is 0 Å². The second kappa shape index (κ2) is 8.05. The molecule has 0 bridgehead atoms. The fraction of sp³-hybridized carbons (Fsp3) is 0.143. The average Bonchev–Trinajstić information content (AvgIpc) is 3.20. The highest BCUT2D eigenvalue weighted by Crippen LogP contribution is 2.25. The number of nitrogens with zero attached hydrogens (tertiary/aromatic N) is 3. The Balaban J connectivity index is 1.53. The van der Waals surface area contributed by atoms with Gasteiger partial charge in [-0.3, -0.25) is 14.5 Å². The largest absolute Gasteiger partial charge is 0.333 e. The molecule has 25 heavy (non-hydrogen) atoms. The molecule has 0 spiro atoms. The van der Waals surface area contributed by atoms with Crippen LogP contribution >= 0.6 is 46.3 Å². The predicted octanol–water partition coefficient (Wildman–Crippen LogP) is 3.22. The van der Waals surface area contributed by atoms with Gasteiger partial charge in [-0.15, -0.1) is 21.5 Å². The molecule has 130 valence electrons. The van der Waals surface area contributed by atoms with Crippen molar-refractivity contribution in [2.45, 2.75) is 11.7 Å². The van der Waals surface area contributed by atoms with E-state index in [4.69, 9.17) is 23.2 Å². The third-order valence-corrected chi connectivity index (χ3v) is 5.29. The second-order valence-electron chi connectivity index (χ2n) is 4.78. The van der Waals surface area contributed by atoms with Crippen molar-refractivity contribution in [2.75, 3.05) is 5.75 Å². The standard InChI is InChI=1S/C14H11Cl2N5O2S2/c15-8-4-10(16)12-19-20-14(21(12)6-8)25-7-11(22)18-13(23)17-5-9-2-1-3-24-9/h1-4,6H,5,7H2,(H2,17,18,22,23). The zero-order valence-electron chi connectivity index (χ0n) is 12.5. The summed E-state index contributed by atoms with van der Waals surface area (Å²) < 4.78 is 1.60. The number of imide groups is 1. The first-order valence-corrected chi connectivity index (χ1v) is 9.57. The molecule has 0 aromatic carbocycles. The summed E-state index contributed by atoms with van der Waals surface area (Å²) in [7, 11) is 0. The summed E-state index contributed by atoms with van der Waals surface area (Å²) >= 11 is 14.6. The molecule has 0 aliphatic rings. The van der Waals surface area contributed by atoms with Gasteiger partial charge >= 0.3 is 6.03 Å². The molecule has 2 N–H and O–H groups in total. The molecule has 0 atom stereocenters. The monoisotopic (exact) mass is 415 g/mol. The molecule has 3 aromatic heterocycles. The maximum Gasteiger partial charge on any atom is 0.321 e. The lowest BCUT2D eigenvalue weighted by atomic mass is 10.5. The number of urea groups is 1. The van der Waals surface area contributed by atoms with Gasteiger partial charge in [-0.05, 0) is 17.5 Å². The Hall–Kier alpha value is -1.81. The molecule has 0 unspecified atom stereocenters. The molecule has 0 saturated heterocycles. The minimum absolute atomic E-state index is 0.00263. The molecule has 11 heteroatoms. The van der Waals surface area contributed by atoms with Gasteiger partial charge < -0.3 is 5.32 Å². The first-order valence-electron chi connectivity index (χ1n) is 6.95. The zero-order valence-corrected chi connectivity index (χ0v) is 15.7. The van der Waals surface area contributed by atoms with E-state index in [1.807, 2.05) is 17.5 Å². The summed E-state index contributed by atoms with van der Waals surface area (Å²) in [4.78, 5) is 24.6. The van der Waals surface area contributed by atoms with Crippen molar-refractivity contribution in [3.8, 4) is 0 Å². The summed E-state index contributed by atoms with van der Waals surface area (Å²) in [6, 6.07) is 4.81. The Morgan fingerprint density at radius 2 is 2.16 bits per heavy atom. The van der Waals surface area contributed by atoms with E-state index in [2.05, 4.69) is 20.8 Å². The lowest BCUT2D eigenvalue weighted by molar-refractivity contribution is -0.117. The number of hydrogen-bond donors (Lipinski definition) is 2. The fourth-order valence-corrected chi connectivity index (χ4v) is 3.78. The number of hydrogen-bond acceptors (Lipinski definition) is 6. The molecule has 0 fully saturated rings. The van der Waals surface area contributed by atoms with Crippen molar-refractivity contribution < 1.29 is 9.59 Å². The Morgan fingerprint density at radius 1 is 1.32 bits per heavy atom. The van der Waals surface area contributed by atoms with E-state index in [0.717, 1.165) is 16.6 Å². The van der Waals surface area contributed by atoms with Gasteiger partial charge in [0.2, 0.25) is 5.91 Å². The van der Waals surface area contributed by atoms with Crippen LogP contribution in [-0.2, 0) is 11.3 Å². The number of pyridine rings is 1. The van der Waals surface area contributed by atoms with Gasteiger partial charge in [0.1, 0.15) is 0 Å². The first-order chi connectivity index (χ1) is 12.0. The number of fused-ring (bicyclic) bond motifs is 1.